The van der Waals surface area contributed by atoms with Crippen LogP contribution in [0, 0.1) is 0 Å². The molecule has 0 aliphatic heterocycles. The van der Waals surface area contributed by atoms with Crippen molar-refractivity contribution in [2.75, 3.05) is 7.11 Å². The zero-order valence-electron chi connectivity index (χ0n) is 14.1. The molecule has 3 aromatic heterocycles. The van der Waals surface area contributed by atoms with Gasteiger partial charge in [0.15, 0.2) is 5.82 Å². The molecule has 128 valence electrons. The van der Waals surface area contributed by atoms with Crippen LogP contribution in [0.5, 0.6) is 5.75 Å². The van der Waals surface area contributed by atoms with Crippen LogP contribution in [0.3, 0.4) is 0 Å². The zero-order chi connectivity index (χ0) is 17.5. The fourth-order valence-electron chi connectivity index (χ4n) is 3.18. The van der Waals surface area contributed by atoms with Gasteiger partial charge >= 0.3 is 0 Å². The Morgan fingerprint density at radius 1 is 1.12 bits per heavy atom. The first-order chi connectivity index (χ1) is 12.8. The SMILES string of the molecule is COc1ccc(-c2nc3cc4c[nH][nH]c4cc3n2)cc1Cn1cccn1. The average molecular weight is 344 g/mol. The van der Waals surface area contributed by atoms with Gasteiger partial charge in [-0.2, -0.15) is 5.10 Å². The van der Waals surface area contributed by atoms with E-state index in [2.05, 4.69) is 21.4 Å². The first-order valence-corrected chi connectivity index (χ1v) is 8.28. The van der Waals surface area contributed by atoms with Gasteiger partial charge in [0.05, 0.1) is 30.2 Å². The Bertz CT molecular complexity index is 1150. The number of hydrogen-bond donors (Lipinski definition) is 2. The van der Waals surface area contributed by atoms with Gasteiger partial charge in [-0.15, -0.1) is 0 Å². The number of H-pyrrole nitrogens is 2. The molecule has 0 fully saturated rings. The monoisotopic (exact) mass is 344 g/mol. The number of aromatic nitrogens is 6. The number of nitrogens with zero attached hydrogens (tertiary/aromatic N) is 4. The second kappa shape index (κ2) is 5.73. The van der Waals surface area contributed by atoms with Crippen molar-refractivity contribution in [3.8, 4) is 17.1 Å². The third kappa shape index (κ3) is 2.41. The van der Waals surface area contributed by atoms with Crippen molar-refractivity contribution < 1.29 is 4.74 Å². The van der Waals surface area contributed by atoms with Crippen molar-refractivity contribution in [1.29, 1.82) is 0 Å². The van der Waals surface area contributed by atoms with Crippen LogP contribution in [0.1, 0.15) is 5.56 Å². The van der Waals surface area contributed by atoms with Crippen LogP contribution in [-0.4, -0.2) is 37.1 Å². The summed E-state index contributed by atoms with van der Waals surface area (Å²) in [7, 11) is 1.67. The lowest BCUT2D eigenvalue weighted by Gasteiger charge is -2.10. The van der Waals surface area contributed by atoms with Crippen LogP contribution in [0.2, 0.25) is 0 Å². The summed E-state index contributed by atoms with van der Waals surface area (Å²) in [6.45, 7) is 0.628. The number of imidazole rings is 1. The molecule has 3 heterocycles. The molecule has 0 atom stereocenters. The molecule has 0 aliphatic rings. The third-order valence-electron chi connectivity index (χ3n) is 4.46. The Kier molecular flexibility index (Phi) is 3.24. The van der Waals surface area contributed by atoms with Crippen LogP contribution in [0.4, 0.5) is 0 Å². The lowest BCUT2D eigenvalue weighted by Crippen LogP contribution is -2.02. The Labute approximate surface area is 148 Å². The fraction of sp³-hybridized carbons (Fsp3) is 0.105. The molecule has 7 heteroatoms. The van der Waals surface area contributed by atoms with Gasteiger partial charge in [0.1, 0.15) is 5.75 Å². The minimum atomic E-state index is 0.628. The molecule has 0 spiro atoms. The Balaban J connectivity index is 1.59. The summed E-state index contributed by atoms with van der Waals surface area (Å²) in [5.74, 6) is 1.53. The number of nitrogens with one attached hydrogen (secondary N) is 2. The van der Waals surface area contributed by atoms with Gasteiger partial charge in [0, 0.05) is 35.1 Å². The quantitative estimate of drug-likeness (QED) is 0.523. The van der Waals surface area contributed by atoms with Crippen molar-refractivity contribution in [3.05, 3.63) is 60.6 Å². The van der Waals surface area contributed by atoms with Crippen LogP contribution < -0.4 is 4.74 Å². The predicted molar refractivity (Wildman–Crippen MR) is 99.1 cm³/mol. The van der Waals surface area contributed by atoms with Crippen molar-refractivity contribution in [2.45, 2.75) is 6.54 Å². The summed E-state index contributed by atoms with van der Waals surface area (Å²) in [5, 5.41) is 11.4. The van der Waals surface area contributed by atoms with E-state index >= 15 is 0 Å². The lowest BCUT2D eigenvalue weighted by molar-refractivity contribution is 0.407. The van der Waals surface area contributed by atoms with Crippen molar-refractivity contribution in [3.63, 3.8) is 0 Å². The molecule has 0 saturated carbocycles. The standard InChI is InChI=1S/C19H16N6O/c1-26-18-4-3-12(7-14(18)11-25-6-2-5-21-25)19-22-16-8-13-10-20-24-15(13)9-17(16)23-19/h2-10,20,24H,11H2,1H3. The van der Waals surface area contributed by atoms with E-state index < -0.39 is 0 Å². The summed E-state index contributed by atoms with van der Waals surface area (Å²) in [4.78, 5) is 9.40. The highest BCUT2D eigenvalue weighted by atomic mass is 16.5. The topological polar surface area (TPSA) is 84.4 Å². The number of ether oxygens (including phenoxy) is 1. The first kappa shape index (κ1) is 14.7. The number of hydrogen-bond acceptors (Lipinski definition) is 4. The van der Waals surface area contributed by atoms with E-state index in [0.29, 0.717) is 12.4 Å². The highest BCUT2D eigenvalue weighted by molar-refractivity contribution is 5.94. The van der Waals surface area contributed by atoms with E-state index in [4.69, 9.17) is 14.7 Å². The van der Waals surface area contributed by atoms with Gasteiger partial charge < -0.3 is 14.9 Å². The predicted octanol–water partition coefficient (Wildman–Crippen LogP) is 3.36. The number of aromatic amines is 2. The lowest BCUT2D eigenvalue weighted by atomic mass is 10.1. The van der Waals surface area contributed by atoms with E-state index in [0.717, 1.165) is 38.8 Å². The molecular formula is C19H16N6O. The average Bonchev–Trinajstić information content (AvgIpc) is 3.39. The Morgan fingerprint density at radius 2 is 2.00 bits per heavy atom. The highest BCUT2D eigenvalue weighted by Gasteiger charge is 2.12. The van der Waals surface area contributed by atoms with Crippen molar-refractivity contribution >= 4 is 21.9 Å². The molecule has 0 amide bonds. The smallest absolute Gasteiger partial charge is 0.160 e. The molecule has 0 saturated heterocycles. The van der Waals surface area contributed by atoms with E-state index in [-0.39, 0.29) is 0 Å². The molecular weight excluding hydrogens is 328 g/mol. The van der Waals surface area contributed by atoms with Crippen LogP contribution >= 0.6 is 0 Å². The molecule has 7 nitrogen and oxygen atoms in total. The summed E-state index contributed by atoms with van der Waals surface area (Å²) in [5.41, 5.74) is 4.75. The van der Waals surface area contributed by atoms with Crippen molar-refractivity contribution in [1.82, 2.24) is 29.9 Å². The molecule has 2 N–H and O–H groups in total. The summed E-state index contributed by atoms with van der Waals surface area (Å²) < 4.78 is 7.36. The van der Waals surface area contributed by atoms with E-state index in [1.165, 1.54) is 0 Å². The van der Waals surface area contributed by atoms with Crippen LogP contribution in [0.25, 0.3) is 33.3 Å². The van der Waals surface area contributed by atoms with E-state index in [1.54, 1.807) is 13.3 Å². The summed E-state index contributed by atoms with van der Waals surface area (Å²) in [6.07, 6.45) is 5.61. The van der Waals surface area contributed by atoms with Crippen LogP contribution in [-0.2, 0) is 6.54 Å². The second-order valence-electron chi connectivity index (χ2n) is 6.12. The molecule has 5 rings (SSSR count). The molecule has 0 bridgehead atoms. The van der Waals surface area contributed by atoms with E-state index in [9.17, 15) is 0 Å². The van der Waals surface area contributed by atoms with Gasteiger partial charge in [-0.05, 0) is 36.4 Å². The van der Waals surface area contributed by atoms with Gasteiger partial charge in [0.2, 0.25) is 0 Å². The zero-order valence-corrected chi connectivity index (χ0v) is 14.1. The van der Waals surface area contributed by atoms with Crippen LogP contribution in [0.15, 0.2) is 55.0 Å². The van der Waals surface area contributed by atoms with Crippen molar-refractivity contribution in [2.24, 2.45) is 0 Å². The molecule has 0 unspecified atom stereocenters. The summed E-state index contributed by atoms with van der Waals surface area (Å²) in [6, 6.07) is 11.9. The maximum absolute atomic E-state index is 5.50. The number of fused-ring (bicyclic) bond motifs is 2. The maximum atomic E-state index is 5.50. The molecule has 2 aromatic carbocycles. The van der Waals surface area contributed by atoms with Gasteiger partial charge in [-0.1, -0.05) is 0 Å². The molecule has 0 aliphatic carbocycles. The molecule has 5 aromatic rings. The Morgan fingerprint density at radius 3 is 2.81 bits per heavy atom. The molecule has 26 heavy (non-hydrogen) atoms. The number of rotatable bonds is 4. The number of benzene rings is 2. The van der Waals surface area contributed by atoms with Gasteiger partial charge in [-0.3, -0.25) is 4.68 Å². The van der Waals surface area contributed by atoms with Gasteiger partial charge in [-0.25, -0.2) is 9.97 Å². The number of methoxy groups -OCH3 is 1. The van der Waals surface area contributed by atoms with E-state index in [1.807, 2.05) is 47.4 Å². The third-order valence-corrected chi connectivity index (χ3v) is 4.46. The first-order valence-electron chi connectivity index (χ1n) is 8.28. The minimum Gasteiger partial charge on any atom is -0.496 e. The molecule has 0 radical (unpaired) electrons. The highest BCUT2D eigenvalue weighted by Crippen LogP contribution is 2.28. The fourth-order valence-corrected chi connectivity index (χ4v) is 3.18. The maximum Gasteiger partial charge on any atom is 0.160 e. The summed E-state index contributed by atoms with van der Waals surface area (Å²) >= 11 is 0. The van der Waals surface area contributed by atoms with Gasteiger partial charge in [0.25, 0.3) is 0 Å². The Hall–Kier alpha value is -3.61. The second-order valence-corrected chi connectivity index (χ2v) is 6.12. The normalized spacial score (nSPS) is 11.4. The minimum absolute atomic E-state index is 0.628. The largest absolute Gasteiger partial charge is 0.496 e.